The first kappa shape index (κ1) is 22.2. The molecule has 29 heavy (non-hydrogen) atoms. The summed E-state index contributed by atoms with van der Waals surface area (Å²) < 4.78 is 7.05. The lowest BCUT2D eigenvalue weighted by atomic mass is 9.98. The van der Waals surface area contributed by atoms with E-state index in [-0.39, 0.29) is 18.7 Å². The third kappa shape index (κ3) is 6.27. The summed E-state index contributed by atoms with van der Waals surface area (Å²) >= 11 is 0. The first-order valence-corrected chi connectivity index (χ1v) is 11.4. The maximum Gasteiger partial charge on any atom is 0.351 e. The molecule has 2 fully saturated rings. The number of rotatable bonds is 4. The number of aliphatic hydroxyl groups excluding tert-OH is 2. The molecule has 3 rings (SSSR count). The smallest absolute Gasteiger partial charge is 0.351 e. The molecule has 1 saturated heterocycles. The predicted octanol–water partition coefficient (Wildman–Crippen LogP) is 3.28. The van der Waals surface area contributed by atoms with Crippen LogP contribution in [0.4, 0.5) is 5.82 Å². The van der Waals surface area contributed by atoms with Crippen molar-refractivity contribution in [3.63, 3.8) is 0 Å². The highest BCUT2D eigenvalue weighted by atomic mass is 16.5. The molecule has 2 aliphatic rings. The largest absolute Gasteiger partial charge is 0.394 e. The molecule has 1 saturated carbocycles. The molecule has 2 heterocycles. The van der Waals surface area contributed by atoms with Gasteiger partial charge in [-0.15, -0.1) is 0 Å². The third-order valence-electron chi connectivity index (χ3n) is 6.27. The Morgan fingerprint density at radius 1 is 1.10 bits per heavy atom. The molecule has 3 N–H and O–H groups in total. The van der Waals surface area contributed by atoms with Crippen LogP contribution in [-0.4, -0.2) is 44.6 Å². The van der Waals surface area contributed by atoms with Gasteiger partial charge in [-0.3, -0.25) is 4.57 Å². The van der Waals surface area contributed by atoms with Crippen LogP contribution in [0.25, 0.3) is 0 Å². The lowest BCUT2D eigenvalue weighted by Crippen LogP contribution is -2.30. The lowest BCUT2D eigenvalue weighted by molar-refractivity contribution is -0.0459. The third-order valence-corrected chi connectivity index (χ3v) is 6.27. The van der Waals surface area contributed by atoms with Crippen LogP contribution in [0.2, 0.25) is 0 Å². The van der Waals surface area contributed by atoms with Crippen molar-refractivity contribution >= 4 is 5.82 Å². The van der Waals surface area contributed by atoms with Crippen molar-refractivity contribution in [2.45, 2.75) is 108 Å². The van der Waals surface area contributed by atoms with Crippen molar-refractivity contribution in [2.24, 2.45) is 0 Å². The number of aromatic nitrogens is 2. The van der Waals surface area contributed by atoms with E-state index in [0.717, 1.165) is 18.4 Å². The zero-order valence-electron chi connectivity index (χ0n) is 17.7. The van der Waals surface area contributed by atoms with E-state index in [1.165, 1.54) is 62.4 Å². The Morgan fingerprint density at radius 3 is 2.24 bits per heavy atom. The highest BCUT2D eigenvalue weighted by molar-refractivity contribution is 5.42. The lowest BCUT2D eigenvalue weighted by Gasteiger charge is -2.22. The van der Waals surface area contributed by atoms with Crippen LogP contribution in [-0.2, 0) is 4.74 Å². The first-order valence-electron chi connectivity index (χ1n) is 11.4. The Hall–Kier alpha value is -1.44. The van der Waals surface area contributed by atoms with E-state index in [1.807, 2.05) is 6.92 Å². The second-order valence-electron chi connectivity index (χ2n) is 8.68. The molecule has 164 valence electrons. The fraction of sp³-hybridized carbons (Fsp3) is 0.818. The van der Waals surface area contributed by atoms with Crippen molar-refractivity contribution < 1.29 is 14.9 Å². The van der Waals surface area contributed by atoms with Crippen molar-refractivity contribution in [1.29, 1.82) is 0 Å². The van der Waals surface area contributed by atoms with Gasteiger partial charge >= 0.3 is 5.69 Å². The molecule has 1 aliphatic carbocycles. The van der Waals surface area contributed by atoms with Crippen LogP contribution in [0.5, 0.6) is 0 Å². The fourth-order valence-corrected chi connectivity index (χ4v) is 4.47. The minimum atomic E-state index is -0.772. The van der Waals surface area contributed by atoms with E-state index in [4.69, 9.17) is 4.74 Å². The molecular formula is C22H37N3O4. The number of nitrogens with one attached hydrogen (secondary N) is 1. The van der Waals surface area contributed by atoms with Gasteiger partial charge in [-0.1, -0.05) is 57.8 Å². The molecule has 0 spiro atoms. The second kappa shape index (κ2) is 11.1. The molecular weight excluding hydrogens is 370 g/mol. The number of hydrogen-bond donors (Lipinski definition) is 3. The highest BCUT2D eigenvalue weighted by Gasteiger charge is 2.35. The summed E-state index contributed by atoms with van der Waals surface area (Å²) in [7, 11) is 0. The Labute approximate surface area is 173 Å². The van der Waals surface area contributed by atoms with Crippen molar-refractivity contribution in [3.8, 4) is 0 Å². The monoisotopic (exact) mass is 407 g/mol. The second-order valence-corrected chi connectivity index (χ2v) is 8.68. The standard InChI is InChI=1S/C22H37N3O4/c1-16-14-25(20-13-18(27)19(15-26)29-20)22(28)24-21(16)23-17-11-9-7-5-3-2-4-6-8-10-12-17/h14,17-20,26-27H,2-13,15H2,1H3,(H,23,24,28)/t18-,19-,20+/m0/s1. The average molecular weight is 408 g/mol. The van der Waals surface area contributed by atoms with E-state index in [0.29, 0.717) is 11.9 Å². The summed E-state index contributed by atoms with van der Waals surface area (Å²) in [6, 6.07) is 0.346. The van der Waals surface area contributed by atoms with Crippen LogP contribution in [0, 0.1) is 6.92 Å². The normalized spacial score (nSPS) is 27.9. The van der Waals surface area contributed by atoms with Gasteiger partial charge in [0.15, 0.2) is 0 Å². The molecule has 1 aromatic rings. The minimum Gasteiger partial charge on any atom is -0.394 e. The summed E-state index contributed by atoms with van der Waals surface area (Å²) in [4.78, 5) is 16.9. The van der Waals surface area contributed by atoms with Crippen molar-refractivity contribution in [1.82, 2.24) is 9.55 Å². The fourth-order valence-electron chi connectivity index (χ4n) is 4.47. The number of aryl methyl sites for hydroxylation is 1. The maximum absolute atomic E-state index is 12.6. The number of nitrogens with zero attached hydrogens (tertiary/aromatic N) is 2. The van der Waals surface area contributed by atoms with Crippen molar-refractivity contribution in [2.75, 3.05) is 11.9 Å². The number of aliphatic hydroxyl groups is 2. The zero-order chi connectivity index (χ0) is 20.6. The maximum atomic E-state index is 12.6. The van der Waals surface area contributed by atoms with E-state index >= 15 is 0 Å². The molecule has 0 aromatic carbocycles. The summed E-state index contributed by atoms with van der Waals surface area (Å²) in [6.45, 7) is 1.68. The van der Waals surface area contributed by atoms with Gasteiger partial charge in [-0.2, -0.15) is 4.98 Å². The van der Waals surface area contributed by atoms with E-state index in [2.05, 4.69) is 10.3 Å². The molecule has 0 bridgehead atoms. The topological polar surface area (TPSA) is 96.6 Å². The summed E-state index contributed by atoms with van der Waals surface area (Å²) in [5.74, 6) is 0.653. The summed E-state index contributed by atoms with van der Waals surface area (Å²) in [6.07, 6.45) is 14.0. The SMILES string of the molecule is Cc1cn([C@H]2C[C@H](O)[C@H](CO)O2)c(=O)nc1NC1CCCCCCCCCCC1. The molecule has 0 amide bonds. The molecule has 0 radical (unpaired) electrons. The molecule has 3 atom stereocenters. The van der Waals surface area contributed by atoms with Crippen LogP contribution >= 0.6 is 0 Å². The summed E-state index contributed by atoms with van der Waals surface area (Å²) in [5.41, 5.74) is 0.503. The minimum absolute atomic E-state index is 0.264. The number of ether oxygens (including phenoxy) is 1. The summed E-state index contributed by atoms with van der Waals surface area (Å²) in [5, 5.41) is 22.7. The van der Waals surface area contributed by atoms with Crippen LogP contribution < -0.4 is 11.0 Å². The molecule has 1 aliphatic heterocycles. The molecule has 7 nitrogen and oxygen atoms in total. The van der Waals surface area contributed by atoms with Gasteiger partial charge in [0, 0.05) is 24.2 Å². The average Bonchev–Trinajstić information content (AvgIpc) is 3.07. The van der Waals surface area contributed by atoms with Crippen LogP contribution in [0.1, 0.15) is 88.8 Å². The van der Waals surface area contributed by atoms with E-state index in [9.17, 15) is 15.0 Å². The highest BCUT2D eigenvalue weighted by Crippen LogP contribution is 2.28. The van der Waals surface area contributed by atoms with Gasteiger partial charge in [-0.05, 0) is 19.8 Å². The number of anilines is 1. The predicted molar refractivity (Wildman–Crippen MR) is 113 cm³/mol. The Balaban J connectivity index is 1.66. The Bertz CT molecular complexity index is 681. The van der Waals surface area contributed by atoms with Gasteiger partial charge in [0.1, 0.15) is 18.1 Å². The van der Waals surface area contributed by atoms with E-state index in [1.54, 1.807) is 6.20 Å². The van der Waals surface area contributed by atoms with Crippen molar-refractivity contribution in [3.05, 3.63) is 22.2 Å². The quantitative estimate of drug-likeness (QED) is 0.709. The van der Waals surface area contributed by atoms with Gasteiger partial charge in [0.2, 0.25) is 0 Å². The van der Waals surface area contributed by atoms with Crippen LogP contribution in [0.3, 0.4) is 0 Å². The van der Waals surface area contributed by atoms with Gasteiger partial charge < -0.3 is 20.3 Å². The first-order chi connectivity index (χ1) is 14.1. The van der Waals surface area contributed by atoms with Gasteiger partial charge in [-0.25, -0.2) is 4.79 Å². The zero-order valence-corrected chi connectivity index (χ0v) is 17.7. The van der Waals surface area contributed by atoms with Gasteiger partial charge in [0.25, 0.3) is 0 Å². The van der Waals surface area contributed by atoms with E-state index < -0.39 is 18.4 Å². The molecule has 7 heteroatoms. The molecule has 1 aromatic heterocycles. The Kier molecular flexibility index (Phi) is 8.51. The van der Waals surface area contributed by atoms with Gasteiger partial charge in [0.05, 0.1) is 12.7 Å². The van der Waals surface area contributed by atoms with Crippen LogP contribution in [0.15, 0.2) is 11.0 Å². The number of hydrogen-bond acceptors (Lipinski definition) is 6. The molecule has 0 unspecified atom stereocenters. The Morgan fingerprint density at radius 2 is 1.69 bits per heavy atom.